The van der Waals surface area contributed by atoms with E-state index in [1.807, 2.05) is 31.1 Å². The molecule has 3 aliphatic rings. The van der Waals surface area contributed by atoms with Crippen molar-refractivity contribution in [3.63, 3.8) is 0 Å². The van der Waals surface area contributed by atoms with E-state index in [0.717, 1.165) is 37.8 Å². The van der Waals surface area contributed by atoms with Gasteiger partial charge in [0, 0.05) is 56.7 Å². The van der Waals surface area contributed by atoms with E-state index in [9.17, 15) is 23.5 Å². The summed E-state index contributed by atoms with van der Waals surface area (Å²) in [5.74, 6) is -2.88. The number of benzene rings is 1. The maximum atomic E-state index is 13.7. The van der Waals surface area contributed by atoms with Crippen LogP contribution in [0.2, 0.25) is 0 Å². The van der Waals surface area contributed by atoms with Crippen molar-refractivity contribution in [2.24, 2.45) is 11.7 Å². The molecule has 1 aromatic carbocycles. The van der Waals surface area contributed by atoms with Crippen molar-refractivity contribution >= 4 is 11.8 Å². The Balaban J connectivity index is 1.39. The Kier molecular flexibility index (Phi) is 9.42. The summed E-state index contributed by atoms with van der Waals surface area (Å²) in [5, 5.41) is 10.6. The first kappa shape index (κ1) is 28.9. The molecular weight excluding hydrogens is 490 g/mol. The fraction of sp³-hybridized carbons (Fsp3) is 0.724. The van der Waals surface area contributed by atoms with Crippen LogP contribution in [0.4, 0.5) is 8.78 Å². The monoisotopic (exact) mass is 534 g/mol. The smallest absolute Gasteiger partial charge is 0.251 e. The summed E-state index contributed by atoms with van der Waals surface area (Å²) in [7, 11) is 3.81. The van der Waals surface area contributed by atoms with E-state index in [4.69, 9.17) is 5.73 Å². The van der Waals surface area contributed by atoms with Crippen LogP contribution < -0.4 is 5.73 Å². The van der Waals surface area contributed by atoms with E-state index in [2.05, 4.69) is 11.0 Å². The number of aliphatic hydroxyl groups excluding tert-OH is 1. The summed E-state index contributed by atoms with van der Waals surface area (Å²) >= 11 is 0. The van der Waals surface area contributed by atoms with Crippen molar-refractivity contribution in [3.05, 3.63) is 35.4 Å². The maximum Gasteiger partial charge on any atom is 0.251 e. The first-order valence-electron chi connectivity index (χ1n) is 14.2. The molecule has 9 heteroatoms. The lowest BCUT2D eigenvalue weighted by molar-refractivity contribution is -0.142. The number of carbonyl (C=O) groups excluding carboxylic acids is 2. The van der Waals surface area contributed by atoms with Gasteiger partial charge >= 0.3 is 0 Å². The van der Waals surface area contributed by atoms with Gasteiger partial charge in [-0.1, -0.05) is 12.1 Å². The lowest BCUT2D eigenvalue weighted by atomic mass is 9.84. The van der Waals surface area contributed by atoms with Gasteiger partial charge in [-0.25, -0.2) is 8.78 Å². The number of aliphatic hydroxyl groups is 1. The Morgan fingerprint density at radius 1 is 1.11 bits per heavy atom. The molecule has 0 radical (unpaired) electrons. The molecule has 1 aromatic rings. The average Bonchev–Trinajstić information content (AvgIpc) is 3.11. The Labute approximate surface area is 225 Å². The summed E-state index contributed by atoms with van der Waals surface area (Å²) in [6.45, 7) is 2.25. The fourth-order valence-electron chi connectivity index (χ4n) is 6.69. The Hall–Kier alpha value is -2.10. The first-order chi connectivity index (χ1) is 18.0. The van der Waals surface area contributed by atoms with Crippen LogP contribution in [0.5, 0.6) is 0 Å². The number of halogens is 2. The van der Waals surface area contributed by atoms with Crippen molar-refractivity contribution in [2.75, 3.05) is 40.3 Å². The zero-order valence-corrected chi connectivity index (χ0v) is 22.8. The molecule has 1 saturated carbocycles. The number of nitrogens with two attached hydrogens (primary N) is 1. The average molecular weight is 535 g/mol. The van der Waals surface area contributed by atoms with Crippen molar-refractivity contribution < 1.29 is 23.5 Å². The van der Waals surface area contributed by atoms with E-state index in [-0.39, 0.29) is 24.7 Å². The van der Waals surface area contributed by atoms with Gasteiger partial charge in [-0.2, -0.15) is 0 Å². The van der Waals surface area contributed by atoms with Gasteiger partial charge in [0.05, 0.1) is 0 Å². The quantitative estimate of drug-likeness (QED) is 0.454. The molecule has 2 heterocycles. The van der Waals surface area contributed by atoms with Crippen molar-refractivity contribution in [1.29, 1.82) is 0 Å². The second kappa shape index (κ2) is 12.4. The predicted molar refractivity (Wildman–Crippen MR) is 143 cm³/mol. The van der Waals surface area contributed by atoms with E-state index >= 15 is 0 Å². The molecule has 212 valence electrons. The second-order valence-corrected chi connectivity index (χ2v) is 12.0. The second-order valence-electron chi connectivity index (χ2n) is 12.0. The van der Waals surface area contributed by atoms with Gasteiger partial charge in [-0.3, -0.25) is 14.5 Å². The van der Waals surface area contributed by atoms with Gasteiger partial charge in [-0.05, 0) is 88.6 Å². The Morgan fingerprint density at radius 3 is 2.37 bits per heavy atom. The molecule has 2 aliphatic heterocycles. The topological polar surface area (TPSA) is 90.1 Å². The van der Waals surface area contributed by atoms with Crippen LogP contribution in [-0.2, 0) is 4.79 Å². The van der Waals surface area contributed by atoms with Crippen LogP contribution in [0.25, 0.3) is 0 Å². The highest BCUT2D eigenvalue weighted by molar-refractivity contribution is 5.92. The number of piperidine rings is 1. The van der Waals surface area contributed by atoms with E-state index in [0.29, 0.717) is 62.5 Å². The summed E-state index contributed by atoms with van der Waals surface area (Å²) in [6, 6.07) is 8.46. The maximum absolute atomic E-state index is 13.7. The molecule has 2 unspecified atom stereocenters. The van der Waals surface area contributed by atoms with Gasteiger partial charge in [0.2, 0.25) is 11.8 Å². The summed E-state index contributed by atoms with van der Waals surface area (Å²) < 4.78 is 27.4. The van der Waals surface area contributed by atoms with Gasteiger partial charge in [0.15, 0.2) is 0 Å². The largest absolute Gasteiger partial charge is 0.383 e. The van der Waals surface area contributed by atoms with Crippen LogP contribution in [0, 0.1) is 5.92 Å². The van der Waals surface area contributed by atoms with E-state index in [1.54, 1.807) is 11.0 Å². The molecule has 2 saturated heterocycles. The Bertz CT molecular complexity index is 951. The number of amides is 2. The van der Waals surface area contributed by atoms with Gasteiger partial charge in [0.1, 0.15) is 6.10 Å². The lowest BCUT2D eigenvalue weighted by Gasteiger charge is -2.41. The molecule has 0 aromatic heterocycles. The normalized spacial score (nSPS) is 26.4. The molecule has 2 bridgehead atoms. The van der Waals surface area contributed by atoms with Crippen LogP contribution in [0.3, 0.4) is 0 Å². The summed E-state index contributed by atoms with van der Waals surface area (Å²) in [6.07, 6.45) is 4.04. The minimum Gasteiger partial charge on any atom is -0.383 e. The van der Waals surface area contributed by atoms with Crippen LogP contribution >= 0.6 is 0 Å². The molecule has 38 heavy (non-hydrogen) atoms. The lowest BCUT2D eigenvalue weighted by Crippen LogP contribution is -2.50. The molecule has 0 spiro atoms. The van der Waals surface area contributed by atoms with Crippen molar-refractivity contribution in [2.45, 2.75) is 87.8 Å². The summed E-state index contributed by atoms with van der Waals surface area (Å²) in [5.41, 5.74) is 7.19. The van der Waals surface area contributed by atoms with Crippen LogP contribution in [0.1, 0.15) is 79.6 Å². The minimum atomic E-state index is -2.60. The number of rotatable bonds is 11. The first-order valence-corrected chi connectivity index (χ1v) is 14.2. The van der Waals surface area contributed by atoms with Crippen molar-refractivity contribution in [3.8, 4) is 0 Å². The third kappa shape index (κ3) is 7.30. The van der Waals surface area contributed by atoms with Gasteiger partial charge in [-0.15, -0.1) is 0 Å². The number of hydrogen-bond donors (Lipinski definition) is 2. The third-order valence-electron chi connectivity index (χ3n) is 8.92. The van der Waals surface area contributed by atoms with Gasteiger partial charge < -0.3 is 20.6 Å². The molecule has 7 nitrogen and oxygen atoms in total. The zero-order valence-electron chi connectivity index (χ0n) is 22.8. The minimum absolute atomic E-state index is 0.0413. The fourth-order valence-corrected chi connectivity index (χ4v) is 6.69. The number of alkyl halides is 2. The van der Waals surface area contributed by atoms with Gasteiger partial charge in [0.25, 0.3) is 5.91 Å². The molecule has 1 aliphatic carbocycles. The Morgan fingerprint density at radius 2 is 1.76 bits per heavy atom. The SMILES string of the molecule is CN(C)CC[C@H](O)C(=O)N(CCN1C2CCC1CC(c1cccc(C(N)=O)c1)C2)CC1CCC(F)(F)CC1. The van der Waals surface area contributed by atoms with Crippen molar-refractivity contribution in [1.82, 2.24) is 14.7 Å². The molecular formula is C29H44F2N4O3. The highest BCUT2D eigenvalue weighted by Gasteiger charge is 2.42. The number of fused-ring (bicyclic) bond motifs is 2. The number of hydrogen-bond acceptors (Lipinski definition) is 5. The third-order valence-corrected chi connectivity index (χ3v) is 8.92. The molecule has 3 fully saturated rings. The number of nitrogens with zero attached hydrogens (tertiary/aromatic N) is 3. The van der Waals surface area contributed by atoms with Crippen LogP contribution in [-0.4, -0.2) is 96.0 Å². The highest BCUT2D eigenvalue weighted by atomic mass is 19.3. The zero-order chi connectivity index (χ0) is 27.4. The standard InChI is InChI=1S/C29H44F2N4O3/c1-33(2)13-10-26(36)28(38)34(19-20-8-11-29(30,31)12-9-20)14-15-35-24-6-7-25(35)18-23(17-24)21-4-3-5-22(16-21)27(32)37/h3-5,16,20,23-26,36H,6-15,17-19H2,1-2H3,(H2,32,37)/t23?,24?,25?,26-/m0/s1. The molecule has 3 atom stereocenters. The predicted octanol–water partition coefficient (Wildman–Crippen LogP) is 3.46. The molecule has 4 rings (SSSR count). The highest BCUT2D eigenvalue weighted by Crippen LogP contribution is 2.43. The number of carbonyl (C=O) groups is 2. The van der Waals surface area contributed by atoms with Crippen LogP contribution in [0.15, 0.2) is 24.3 Å². The molecule has 3 N–H and O–H groups in total. The molecule has 2 amide bonds. The van der Waals surface area contributed by atoms with E-state index < -0.39 is 17.9 Å². The van der Waals surface area contributed by atoms with E-state index in [1.165, 1.54) is 0 Å². The number of primary amides is 1. The summed E-state index contributed by atoms with van der Waals surface area (Å²) in [4.78, 5) is 31.1.